The van der Waals surface area contributed by atoms with E-state index in [1.807, 2.05) is 0 Å². The summed E-state index contributed by atoms with van der Waals surface area (Å²) < 4.78 is 0. The fourth-order valence-electron chi connectivity index (χ4n) is 2.80. The maximum Gasteiger partial charge on any atom is 0.0126 e. The fourth-order valence-corrected chi connectivity index (χ4v) is 2.80. The molecule has 0 aromatic heterocycles. The highest BCUT2D eigenvalue weighted by Crippen LogP contribution is 2.30. The summed E-state index contributed by atoms with van der Waals surface area (Å²) in [6, 6.07) is 2.41. The number of likely N-dealkylation sites (N-methyl/N-ethyl adjacent to an activating group) is 1. The normalized spacial score (nSPS) is 33.4. The Morgan fingerprint density at radius 1 is 1.06 bits per heavy atom. The van der Waals surface area contributed by atoms with Gasteiger partial charge in [0.25, 0.3) is 0 Å². The Balaban J connectivity index is 1.72. The van der Waals surface area contributed by atoms with E-state index in [1.54, 1.807) is 0 Å². The highest BCUT2D eigenvalue weighted by Gasteiger charge is 2.37. The van der Waals surface area contributed by atoms with Crippen molar-refractivity contribution < 1.29 is 0 Å². The van der Waals surface area contributed by atoms with E-state index in [2.05, 4.69) is 42.6 Å². The van der Waals surface area contributed by atoms with Gasteiger partial charge in [0.2, 0.25) is 0 Å². The van der Waals surface area contributed by atoms with Crippen LogP contribution in [0.15, 0.2) is 0 Å². The number of rotatable bonds is 3. The van der Waals surface area contributed by atoms with Crippen molar-refractivity contribution in [2.45, 2.75) is 44.8 Å². The lowest BCUT2D eigenvalue weighted by Crippen LogP contribution is -2.58. The van der Waals surface area contributed by atoms with Crippen molar-refractivity contribution >= 4 is 0 Å². The van der Waals surface area contributed by atoms with Gasteiger partial charge in [-0.3, -0.25) is 4.90 Å². The average molecular weight is 225 g/mol. The number of nitrogens with zero attached hydrogens (tertiary/aromatic N) is 3. The van der Waals surface area contributed by atoms with Gasteiger partial charge < -0.3 is 9.80 Å². The summed E-state index contributed by atoms with van der Waals surface area (Å²) in [7, 11) is 4.50. The molecule has 3 nitrogen and oxygen atoms in total. The van der Waals surface area contributed by atoms with Crippen LogP contribution in [0.3, 0.4) is 0 Å². The lowest BCUT2D eigenvalue weighted by Gasteiger charge is -2.49. The van der Waals surface area contributed by atoms with E-state index in [1.165, 1.54) is 39.0 Å². The lowest BCUT2D eigenvalue weighted by molar-refractivity contribution is 0.00801. The summed E-state index contributed by atoms with van der Waals surface area (Å²) in [4.78, 5) is 7.67. The number of piperazine rings is 1. The minimum absolute atomic E-state index is 0.693. The van der Waals surface area contributed by atoms with Gasteiger partial charge in [0.05, 0.1) is 0 Å². The van der Waals surface area contributed by atoms with Crippen molar-refractivity contribution in [1.82, 2.24) is 14.7 Å². The highest BCUT2D eigenvalue weighted by molar-refractivity contribution is 4.94. The maximum atomic E-state index is 2.70. The van der Waals surface area contributed by atoms with Crippen LogP contribution in [-0.4, -0.2) is 73.1 Å². The molecule has 3 heteroatoms. The maximum absolute atomic E-state index is 2.70. The standard InChI is InChI=1S/C13H27N3/c1-11(2)15(4)12-9-13(10-12)16-7-5-14(3)6-8-16/h11-13H,5-10H2,1-4H3. The molecule has 0 bridgehead atoms. The Hall–Kier alpha value is -0.120. The van der Waals surface area contributed by atoms with Crippen LogP contribution in [0.25, 0.3) is 0 Å². The molecule has 0 atom stereocenters. The first-order valence-corrected chi connectivity index (χ1v) is 6.72. The summed E-state index contributed by atoms with van der Waals surface area (Å²) in [6.45, 7) is 9.65. The van der Waals surface area contributed by atoms with Crippen LogP contribution in [0.2, 0.25) is 0 Å². The monoisotopic (exact) mass is 225 g/mol. The van der Waals surface area contributed by atoms with Crippen molar-refractivity contribution in [3.63, 3.8) is 0 Å². The van der Waals surface area contributed by atoms with Crippen molar-refractivity contribution in [2.75, 3.05) is 40.3 Å². The summed E-state index contributed by atoms with van der Waals surface area (Å²) in [5.41, 5.74) is 0. The van der Waals surface area contributed by atoms with Gasteiger partial charge in [-0.1, -0.05) is 0 Å². The van der Waals surface area contributed by atoms with Gasteiger partial charge in [0.1, 0.15) is 0 Å². The molecule has 1 saturated heterocycles. The zero-order valence-electron chi connectivity index (χ0n) is 11.3. The van der Waals surface area contributed by atoms with Crippen molar-refractivity contribution in [3.8, 4) is 0 Å². The van der Waals surface area contributed by atoms with Gasteiger partial charge in [-0.2, -0.15) is 0 Å². The molecule has 0 N–H and O–H groups in total. The first-order valence-electron chi connectivity index (χ1n) is 6.72. The Labute approximate surface area is 100 Å². The molecule has 94 valence electrons. The van der Waals surface area contributed by atoms with Gasteiger partial charge in [-0.25, -0.2) is 0 Å². The number of hydrogen-bond acceptors (Lipinski definition) is 3. The van der Waals surface area contributed by atoms with Crippen molar-refractivity contribution in [2.24, 2.45) is 0 Å². The molecule has 1 saturated carbocycles. The predicted octanol–water partition coefficient (Wildman–Crippen LogP) is 1.10. The zero-order chi connectivity index (χ0) is 11.7. The summed E-state index contributed by atoms with van der Waals surface area (Å²) in [6.07, 6.45) is 2.77. The lowest BCUT2D eigenvalue weighted by atomic mass is 9.83. The smallest absolute Gasteiger partial charge is 0.0126 e. The highest BCUT2D eigenvalue weighted by atomic mass is 15.3. The Bertz CT molecular complexity index is 215. The molecule has 1 aliphatic heterocycles. The molecule has 1 aliphatic carbocycles. The minimum Gasteiger partial charge on any atom is -0.304 e. The van der Waals surface area contributed by atoms with Crippen molar-refractivity contribution in [3.05, 3.63) is 0 Å². The predicted molar refractivity (Wildman–Crippen MR) is 68.8 cm³/mol. The largest absolute Gasteiger partial charge is 0.304 e. The second kappa shape index (κ2) is 5.03. The van der Waals surface area contributed by atoms with Gasteiger partial charge >= 0.3 is 0 Å². The molecule has 1 heterocycles. The molecule has 0 amide bonds. The van der Waals surface area contributed by atoms with Crippen LogP contribution in [0, 0.1) is 0 Å². The third kappa shape index (κ3) is 2.58. The van der Waals surface area contributed by atoms with Crippen LogP contribution in [0.1, 0.15) is 26.7 Å². The molecule has 0 radical (unpaired) electrons. The van der Waals surface area contributed by atoms with Gasteiger partial charge in [0.15, 0.2) is 0 Å². The van der Waals surface area contributed by atoms with E-state index in [0.29, 0.717) is 6.04 Å². The molecule has 0 aromatic rings. The van der Waals surface area contributed by atoms with Crippen LogP contribution in [0.4, 0.5) is 0 Å². The van der Waals surface area contributed by atoms with Crippen LogP contribution >= 0.6 is 0 Å². The molecular formula is C13H27N3. The molecular weight excluding hydrogens is 198 g/mol. The van der Waals surface area contributed by atoms with E-state index < -0.39 is 0 Å². The van der Waals surface area contributed by atoms with Crippen LogP contribution in [-0.2, 0) is 0 Å². The quantitative estimate of drug-likeness (QED) is 0.712. The topological polar surface area (TPSA) is 9.72 Å². The number of hydrogen-bond donors (Lipinski definition) is 0. The van der Waals surface area contributed by atoms with Gasteiger partial charge in [-0.15, -0.1) is 0 Å². The first kappa shape index (κ1) is 12.3. The minimum atomic E-state index is 0.693. The molecule has 0 aromatic carbocycles. The third-order valence-corrected chi connectivity index (χ3v) is 4.53. The molecule has 2 aliphatic rings. The van der Waals surface area contributed by atoms with Crippen LogP contribution in [0.5, 0.6) is 0 Å². The zero-order valence-corrected chi connectivity index (χ0v) is 11.3. The Kier molecular flexibility index (Phi) is 3.88. The van der Waals surface area contributed by atoms with Crippen LogP contribution < -0.4 is 0 Å². The van der Waals surface area contributed by atoms with E-state index in [4.69, 9.17) is 0 Å². The average Bonchev–Trinajstić information content (AvgIpc) is 2.18. The molecule has 2 fully saturated rings. The third-order valence-electron chi connectivity index (χ3n) is 4.53. The summed E-state index contributed by atoms with van der Waals surface area (Å²) >= 11 is 0. The summed E-state index contributed by atoms with van der Waals surface area (Å²) in [5.74, 6) is 0. The second-order valence-corrected chi connectivity index (χ2v) is 5.88. The summed E-state index contributed by atoms with van der Waals surface area (Å²) in [5, 5.41) is 0. The van der Waals surface area contributed by atoms with E-state index in [-0.39, 0.29) is 0 Å². The second-order valence-electron chi connectivity index (χ2n) is 5.88. The molecule has 0 spiro atoms. The molecule has 16 heavy (non-hydrogen) atoms. The first-order chi connectivity index (χ1) is 7.58. The van der Waals surface area contributed by atoms with E-state index >= 15 is 0 Å². The molecule has 2 rings (SSSR count). The van der Waals surface area contributed by atoms with Crippen molar-refractivity contribution in [1.29, 1.82) is 0 Å². The van der Waals surface area contributed by atoms with Gasteiger partial charge in [-0.05, 0) is 40.8 Å². The fraction of sp³-hybridized carbons (Fsp3) is 1.00. The Morgan fingerprint density at radius 3 is 2.12 bits per heavy atom. The Morgan fingerprint density at radius 2 is 1.62 bits per heavy atom. The molecule has 0 unspecified atom stereocenters. The van der Waals surface area contributed by atoms with E-state index in [9.17, 15) is 0 Å². The SMILES string of the molecule is CC(C)N(C)C1CC(N2CCN(C)CC2)C1. The van der Waals surface area contributed by atoms with E-state index in [0.717, 1.165) is 12.1 Å². The van der Waals surface area contributed by atoms with Gasteiger partial charge in [0, 0.05) is 44.3 Å².